The predicted molar refractivity (Wildman–Crippen MR) is 76.1 cm³/mol. The standard InChI is InChI=1S/C16H25NO2/c1-11(2)19-15-8-14(9-17-10-15)16(18)6-5-12(3)7-13(16)4/h8-13,18H,5-7H2,1-4H3. The van der Waals surface area contributed by atoms with E-state index in [2.05, 4.69) is 18.8 Å². The molecule has 1 fully saturated rings. The summed E-state index contributed by atoms with van der Waals surface area (Å²) in [6.07, 6.45) is 6.54. The van der Waals surface area contributed by atoms with Gasteiger partial charge in [0.2, 0.25) is 0 Å². The Bertz CT molecular complexity index is 433. The molecule has 0 aliphatic heterocycles. The van der Waals surface area contributed by atoms with E-state index >= 15 is 0 Å². The van der Waals surface area contributed by atoms with Crippen LogP contribution in [-0.4, -0.2) is 16.2 Å². The molecule has 3 nitrogen and oxygen atoms in total. The molecule has 19 heavy (non-hydrogen) atoms. The fraction of sp³-hybridized carbons (Fsp3) is 0.688. The molecule has 106 valence electrons. The lowest BCUT2D eigenvalue weighted by Crippen LogP contribution is -2.38. The highest BCUT2D eigenvalue weighted by Crippen LogP contribution is 2.43. The number of rotatable bonds is 3. The molecule has 1 heterocycles. The van der Waals surface area contributed by atoms with Crippen LogP contribution in [0.1, 0.15) is 52.5 Å². The van der Waals surface area contributed by atoms with Gasteiger partial charge < -0.3 is 9.84 Å². The molecule has 3 atom stereocenters. The second-order valence-corrected chi connectivity index (χ2v) is 6.28. The molecule has 0 spiro atoms. The van der Waals surface area contributed by atoms with Gasteiger partial charge in [0.25, 0.3) is 0 Å². The molecule has 1 N–H and O–H groups in total. The summed E-state index contributed by atoms with van der Waals surface area (Å²) in [7, 11) is 0. The van der Waals surface area contributed by atoms with E-state index in [1.54, 1.807) is 12.4 Å². The van der Waals surface area contributed by atoms with Crippen molar-refractivity contribution in [2.45, 2.75) is 58.7 Å². The molecule has 3 unspecified atom stereocenters. The van der Waals surface area contributed by atoms with E-state index in [9.17, 15) is 5.11 Å². The van der Waals surface area contributed by atoms with Crippen LogP contribution in [0.2, 0.25) is 0 Å². The van der Waals surface area contributed by atoms with E-state index in [0.717, 1.165) is 30.6 Å². The van der Waals surface area contributed by atoms with Crippen LogP contribution in [0.5, 0.6) is 5.75 Å². The summed E-state index contributed by atoms with van der Waals surface area (Å²) >= 11 is 0. The van der Waals surface area contributed by atoms with E-state index < -0.39 is 5.60 Å². The van der Waals surface area contributed by atoms with Gasteiger partial charge in [0.1, 0.15) is 5.75 Å². The minimum Gasteiger partial charge on any atom is -0.489 e. The van der Waals surface area contributed by atoms with E-state index in [0.29, 0.717) is 5.92 Å². The third-order valence-corrected chi connectivity index (χ3v) is 4.17. The maximum Gasteiger partial charge on any atom is 0.138 e. The minimum atomic E-state index is -0.754. The van der Waals surface area contributed by atoms with Gasteiger partial charge in [-0.15, -0.1) is 0 Å². The topological polar surface area (TPSA) is 42.4 Å². The Kier molecular flexibility index (Phi) is 4.14. The smallest absolute Gasteiger partial charge is 0.138 e. The third kappa shape index (κ3) is 3.08. The van der Waals surface area contributed by atoms with Gasteiger partial charge in [0.15, 0.2) is 0 Å². The van der Waals surface area contributed by atoms with Gasteiger partial charge in [-0.2, -0.15) is 0 Å². The zero-order valence-electron chi connectivity index (χ0n) is 12.4. The average Bonchev–Trinajstić information content (AvgIpc) is 2.34. The zero-order chi connectivity index (χ0) is 14.0. The number of hydrogen-bond acceptors (Lipinski definition) is 3. The second kappa shape index (κ2) is 5.49. The van der Waals surface area contributed by atoms with Crippen LogP contribution in [0.4, 0.5) is 0 Å². The van der Waals surface area contributed by atoms with E-state index in [1.165, 1.54) is 0 Å². The molecule has 1 aromatic rings. The highest BCUT2D eigenvalue weighted by molar-refractivity contribution is 5.29. The molecule has 0 amide bonds. The lowest BCUT2D eigenvalue weighted by atomic mass is 9.69. The van der Waals surface area contributed by atoms with Crippen LogP contribution >= 0.6 is 0 Å². The number of aliphatic hydroxyl groups is 1. The first kappa shape index (κ1) is 14.3. The van der Waals surface area contributed by atoms with Crippen molar-refractivity contribution in [1.29, 1.82) is 0 Å². The van der Waals surface area contributed by atoms with Crippen molar-refractivity contribution in [3.05, 3.63) is 24.0 Å². The van der Waals surface area contributed by atoms with Crippen LogP contribution in [-0.2, 0) is 5.60 Å². The van der Waals surface area contributed by atoms with Crippen molar-refractivity contribution >= 4 is 0 Å². The Labute approximate surface area is 116 Å². The van der Waals surface area contributed by atoms with Crippen molar-refractivity contribution in [3.63, 3.8) is 0 Å². The minimum absolute atomic E-state index is 0.121. The Morgan fingerprint density at radius 2 is 2.11 bits per heavy atom. The van der Waals surface area contributed by atoms with E-state index in [1.807, 2.05) is 19.9 Å². The van der Waals surface area contributed by atoms with E-state index in [4.69, 9.17) is 4.74 Å². The molecule has 0 aromatic carbocycles. The van der Waals surface area contributed by atoms with Crippen molar-refractivity contribution in [3.8, 4) is 5.75 Å². The summed E-state index contributed by atoms with van der Waals surface area (Å²) in [6.45, 7) is 8.37. The highest BCUT2D eigenvalue weighted by Gasteiger charge is 2.40. The average molecular weight is 263 g/mol. The van der Waals surface area contributed by atoms with Crippen molar-refractivity contribution < 1.29 is 9.84 Å². The molecule has 0 bridgehead atoms. The number of nitrogens with zero attached hydrogens (tertiary/aromatic N) is 1. The number of pyridine rings is 1. The lowest BCUT2D eigenvalue weighted by Gasteiger charge is -2.41. The van der Waals surface area contributed by atoms with Gasteiger partial charge in [-0.1, -0.05) is 13.8 Å². The van der Waals surface area contributed by atoms with Crippen LogP contribution in [0.3, 0.4) is 0 Å². The number of aromatic nitrogens is 1. The van der Waals surface area contributed by atoms with Crippen LogP contribution in [0.25, 0.3) is 0 Å². The van der Waals surface area contributed by atoms with Gasteiger partial charge in [-0.3, -0.25) is 4.98 Å². The molecular formula is C16H25NO2. The van der Waals surface area contributed by atoms with Crippen molar-refractivity contribution in [1.82, 2.24) is 4.98 Å². The third-order valence-electron chi connectivity index (χ3n) is 4.17. The molecule has 0 saturated heterocycles. The zero-order valence-corrected chi connectivity index (χ0v) is 12.4. The molecule has 0 radical (unpaired) electrons. The maximum absolute atomic E-state index is 11.0. The number of hydrogen-bond donors (Lipinski definition) is 1. The molecule has 1 aliphatic rings. The van der Waals surface area contributed by atoms with Crippen LogP contribution < -0.4 is 4.74 Å². The summed E-state index contributed by atoms with van der Waals surface area (Å²) in [5.74, 6) is 1.69. The molecular weight excluding hydrogens is 238 g/mol. The van der Waals surface area contributed by atoms with Gasteiger partial charge in [-0.05, 0) is 51.0 Å². The first-order valence-corrected chi connectivity index (χ1v) is 7.26. The summed E-state index contributed by atoms with van der Waals surface area (Å²) in [5, 5.41) is 11.0. The fourth-order valence-electron chi connectivity index (χ4n) is 3.05. The largest absolute Gasteiger partial charge is 0.489 e. The quantitative estimate of drug-likeness (QED) is 0.907. The first-order valence-electron chi connectivity index (χ1n) is 7.26. The summed E-state index contributed by atoms with van der Waals surface area (Å²) in [6, 6.07) is 1.94. The molecule has 2 rings (SSSR count). The van der Waals surface area contributed by atoms with Gasteiger partial charge >= 0.3 is 0 Å². The summed E-state index contributed by atoms with van der Waals surface area (Å²) in [4.78, 5) is 4.23. The predicted octanol–water partition coefficient (Wildman–Crippen LogP) is 3.51. The SMILES string of the molecule is CC1CCC(O)(c2cncc(OC(C)C)c2)C(C)C1. The highest BCUT2D eigenvalue weighted by atomic mass is 16.5. The monoisotopic (exact) mass is 263 g/mol. The van der Waals surface area contributed by atoms with Gasteiger partial charge in [0, 0.05) is 11.8 Å². The van der Waals surface area contributed by atoms with Crippen LogP contribution in [0.15, 0.2) is 18.5 Å². The van der Waals surface area contributed by atoms with Gasteiger partial charge in [0.05, 0.1) is 17.9 Å². The Morgan fingerprint density at radius 3 is 2.74 bits per heavy atom. The second-order valence-electron chi connectivity index (χ2n) is 6.28. The van der Waals surface area contributed by atoms with Gasteiger partial charge in [-0.25, -0.2) is 0 Å². The normalized spacial score (nSPS) is 31.5. The van der Waals surface area contributed by atoms with Crippen molar-refractivity contribution in [2.24, 2.45) is 11.8 Å². The summed E-state index contributed by atoms with van der Waals surface area (Å²) < 4.78 is 5.67. The lowest BCUT2D eigenvalue weighted by molar-refractivity contribution is -0.0592. The van der Waals surface area contributed by atoms with Crippen LogP contribution in [0, 0.1) is 11.8 Å². The fourth-order valence-corrected chi connectivity index (χ4v) is 3.05. The maximum atomic E-state index is 11.0. The molecule has 1 aliphatic carbocycles. The number of ether oxygens (including phenoxy) is 1. The van der Waals surface area contributed by atoms with Crippen molar-refractivity contribution in [2.75, 3.05) is 0 Å². The molecule has 1 aromatic heterocycles. The summed E-state index contributed by atoms with van der Waals surface area (Å²) in [5.41, 5.74) is 0.139. The van der Waals surface area contributed by atoms with E-state index in [-0.39, 0.29) is 12.0 Å². The Morgan fingerprint density at radius 1 is 1.37 bits per heavy atom. The molecule has 3 heteroatoms. The first-order chi connectivity index (χ1) is 8.91. The Balaban J connectivity index is 2.25. The Hall–Kier alpha value is -1.09. The molecule has 1 saturated carbocycles.